The highest BCUT2D eigenvalue weighted by Crippen LogP contribution is 2.60. The van der Waals surface area contributed by atoms with Crippen molar-refractivity contribution in [3.63, 3.8) is 0 Å². The van der Waals surface area contributed by atoms with E-state index in [4.69, 9.17) is 21.1 Å². The number of rotatable bonds is 7. The second-order valence-corrected chi connectivity index (χ2v) is 8.21. The van der Waals surface area contributed by atoms with Gasteiger partial charge < -0.3 is 20.1 Å². The first kappa shape index (κ1) is 20.4. The lowest BCUT2D eigenvalue weighted by Crippen LogP contribution is -2.84. The molecule has 30 heavy (non-hydrogen) atoms. The predicted octanol–water partition coefficient (Wildman–Crippen LogP) is 3.23. The molecule has 0 atom stereocenters. The number of carbonyl (C=O) groups excluding carboxylic acids is 2. The maximum absolute atomic E-state index is 13.5. The van der Waals surface area contributed by atoms with Crippen molar-refractivity contribution in [2.75, 3.05) is 13.7 Å². The van der Waals surface area contributed by atoms with Gasteiger partial charge >= 0.3 is 0 Å². The largest absolute Gasteiger partial charge is 0.496 e. The van der Waals surface area contributed by atoms with E-state index in [2.05, 4.69) is 10.6 Å². The van der Waals surface area contributed by atoms with Gasteiger partial charge in [0, 0.05) is 17.1 Å². The normalized spacial score (nSPS) is 23.6. The summed E-state index contributed by atoms with van der Waals surface area (Å²) in [5.74, 6) is -1.41. The van der Waals surface area contributed by atoms with Gasteiger partial charge in [-0.1, -0.05) is 11.6 Å². The third-order valence-corrected chi connectivity index (χ3v) is 5.79. The molecule has 3 aliphatic carbocycles. The topological polar surface area (TPSA) is 76.7 Å². The fourth-order valence-corrected chi connectivity index (χ4v) is 4.38. The molecule has 3 aliphatic rings. The minimum absolute atomic E-state index is 0.0242. The number of halogens is 3. The van der Waals surface area contributed by atoms with Gasteiger partial charge in [-0.05, 0) is 49.6 Å². The fourth-order valence-electron chi connectivity index (χ4n) is 4.27. The zero-order valence-electron chi connectivity index (χ0n) is 16.1. The molecule has 0 aliphatic heterocycles. The molecular formula is C21H19ClF2N2O4. The van der Waals surface area contributed by atoms with Crippen LogP contribution in [0.15, 0.2) is 36.4 Å². The molecule has 2 N–H and O–H groups in total. The van der Waals surface area contributed by atoms with E-state index in [0.717, 1.165) is 12.1 Å². The quantitative estimate of drug-likeness (QED) is 0.698. The minimum atomic E-state index is -0.624. The highest BCUT2D eigenvalue weighted by molar-refractivity contribution is 6.30. The number of hydrogen-bond donors (Lipinski definition) is 2. The molecular weight excluding hydrogens is 418 g/mol. The molecule has 2 bridgehead atoms. The van der Waals surface area contributed by atoms with Crippen molar-refractivity contribution < 1.29 is 27.8 Å². The number of carbonyl (C=O) groups is 2. The first-order valence-corrected chi connectivity index (χ1v) is 9.66. The molecule has 0 aromatic heterocycles. The van der Waals surface area contributed by atoms with Crippen molar-refractivity contribution in [3.8, 4) is 11.5 Å². The molecule has 158 valence electrons. The van der Waals surface area contributed by atoms with Crippen molar-refractivity contribution in [2.24, 2.45) is 0 Å². The van der Waals surface area contributed by atoms with Gasteiger partial charge in [0.15, 0.2) is 6.61 Å². The molecule has 5 rings (SSSR count). The average molecular weight is 437 g/mol. The molecule has 0 saturated heterocycles. The van der Waals surface area contributed by atoms with Crippen LogP contribution < -0.4 is 20.1 Å². The third kappa shape index (κ3) is 3.79. The molecule has 0 radical (unpaired) electrons. The number of ether oxygens (including phenoxy) is 2. The lowest BCUT2D eigenvalue weighted by atomic mass is 9.44. The fraction of sp³-hybridized carbons (Fsp3) is 0.333. The zero-order chi connectivity index (χ0) is 21.5. The molecule has 6 nitrogen and oxygen atoms in total. The average Bonchev–Trinajstić information content (AvgIpc) is 2.66. The first-order valence-electron chi connectivity index (χ1n) is 9.28. The van der Waals surface area contributed by atoms with Crippen LogP contribution in [0.4, 0.5) is 8.78 Å². The van der Waals surface area contributed by atoms with E-state index in [-0.39, 0.29) is 34.4 Å². The minimum Gasteiger partial charge on any atom is -0.496 e. The highest BCUT2D eigenvalue weighted by Gasteiger charge is 2.69. The van der Waals surface area contributed by atoms with Crippen LogP contribution in [-0.2, 0) is 4.79 Å². The second kappa shape index (κ2) is 7.43. The van der Waals surface area contributed by atoms with Gasteiger partial charge in [-0.25, -0.2) is 8.78 Å². The third-order valence-electron chi connectivity index (χ3n) is 5.48. The van der Waals surface area contributed by atoms with Gasteiger partial charge in [0.1, 0.15) is 23.1 Å². The van der Waals surface area contributed by atoms with E-state index in [9.17, 15) is 18.4 Å². The SMILES string of the molecule is COc1ccc(F)cc1C(=O)NC12CC(NC(=O)COc3ccc(Cl)c(F)c3)(C1)C2. The Bertz CT molecular complexity index is 1010. The van der Waals surface area contributed by atoms with Crippen molar-refractivity contribution in [3.05, 3.63) is 58.6 Å². The Balaban J connectivity index is 1.27. The molecule has 3 saturated carbocycles. The summed E-state index contributed by atoms with van der Waals surface area (Å²) in [6.45, 7) is -0.261. The van der Waals surface area contributed by atoms with Crippen molar-refractivity contribution in [1.82, 2.24) is 10.6 Å². The smallest absolute Gasteiger partial charge is 0.258 e. The molecule has 3 fully saturated rings. The lowest BCUT2D eigenvalue weighted by Gasteiger charge is -2.70. The maximum Gasteiger partial charge on any atom is 0.258 e. The van der Waals surface area contributed by atoms with Crippen LogP contribution in [0, 0.1) is 11.6 Å². The van der Waals surface area contributed by atoms with Crippen LogP contribution in [-0.4, -0.2) is 36.6 Å². The van der Waals surface area contributed by atoms with Crippen molar-refractivity contribution in [2.45, 2.75) is 30.3 Å². The maximum atomic E-state index is 13.5. The Morgan fingerprint density at radius 3 is 2.43 bits per heavy atom. The van der Waals surface area contributed by atoms with E-state index in [0.29, 0.717) is 25.0 Å². The van der Waals surface area contributed by atoms with Gasteiger partial charge in [0.25, 0.3) is 11.8 Å². The van der Waals surface area contributed by atoms with E-state index >= 15 is 0 Å². The molecule has 9 heteroatoms. The van der Waals surface area contributed by atoms with Crippen LogP contribution in [0.3, 0.4) is 0 Å². The summed E-state index contributed by atoms with van der Waals surface area (Å²) in [7, 11) is 1.41. The van der Waals surface area contributed by atoms with Crippen LogP contribution in [0.25, 0.3) is 0 Å². The van der Waals surface area contributed by atoms with Crippen LogP contribution in [0.1, 0.15) is 29.6 Å². The number of methoxy groups -OCH3 is 1. The molecule has 2 aromatic rings. The number of amides is 2. The van der Waals surface area contributed by atoms with Gasteiger partial charge in [0.2, 0.25) is 0 Å². The van der Waals surface area contributed by atoms with E-state index in [1.807, 2.05) is 0 Å². The summed E-state index contributed by atoms with van der Waals surface area (Å²) in [5.41, 5.74) is -0.670. The Hall–Kier alpha value is -2.87. The monoisotopic (exact) mass is 436 g/mol. The van der Waals surface area contributed by atoms with Crippen molar-refractivity contribution in [1.29, 1.82) is 0 Å². The summed E-state index contributed by atoms with van der Waals surface area (Å²) in [6, 6.07) is 7.70. The number of hydrogen-bond acceptors (Lipinski definition) is 4. The van der Waals surface area contributed by atoms with Crippen LogP contribution in [0.2, 0.25) is 5.02 Å². The molecule has 0 heterocycles. The van der Waals surface area contributed by atoms with Crippen molar-refractivity contribution >= 4 is 23.4 Å². The Morgan fingerprint density at radius 1 is 1.07 bits per heavy atom. The summed E-state index contributed by atoms with van der Waals surface area (Å²) >= 11 is 5.61. The van der Waals surface area contributed by atoms with Gasteiger partial charge in [-0.15, -0.1) is 0 Å². The van der Waals surface area contributed by atoms with E-state index < -0.39 is 23.1 Å². The Morgan fingerprint density at radius 2 is 1.77 bits per heavy atom. The second-order valence-electron chi connectivity index (χ2n) is 7.80. The Kier molecular flexibility index (Phi) is 5.05. The summed E-state index contributed by atoms with van der Waals surface area (Å²) in [4.78, 5) is 24.7. The predicted molar refractivity (Wildman–Crippen MR) is 105 cm³/mol. The van der Waals surface area contributed by atoms with E-state index in [1.165, 1.54) is 31.4 Å². The molecule has 0 unspecified atom stereocenters. The van der Waals surface area contributed by atoms with Gasteiger partial charge in [-0.3, -0.25) is 9.59 Å². The lowest BCUT2D eigenvalue weighted by molar-refractivity contribution is -0.141. The van der Waals surface area contributed by atoms with Crippen LogP contribution >= 0.6 is 11.6 Å². The standard InChI is InChI=1S/C21H19ClF2N2O4/c1-29-17-5-2-12(23)6-14(17)19(28)26-21-9-20(10-21,11-21)25-18(27)8-30-13-3-4-15(22)16(24)7-13/h2-7H,8-11H2,1H3,(H,25,27)(H,26,28). The summed E-state index contributed by atoms with van der Waals surface area (Å²) in [6.07, 6.45) is 1.72. The summed E-state index contributed by atoms with van der Waals surface area (Å²) < 4.78 is 37.3. The van der Waals surface area contributed by atoms with Gasteiger partial charge in [0.05, 0.1) is 17.7 Å². The van der Waals surface area contributed by atoms with Crippen LogP contribution in [0.5, 0.6) is 11.5 Å². The molecule has 2 amide bonds. The highest BCUT2D eigenvalue weighted by atomic mass is 35.5. The molecule has 2 aromatic carbocycles. The zero-order valence-corrected chi connectivity index (χ0v) is 16.8. The summed E-state index contributed by atoms with van der Waals surface area (Å²) in [5, 5.41) is 5.80. The number of nitrogens with one attached hydrogen (secondary N) is 2. The first-order chi connectivity index (χ1) is 14.2. The molecule has 0 spiro atoms. The van der Waals surface area contributed by atoms with Gasteiger partial charge in [-0.2, -0.15) is 0 Å². The number of benzene rings is 2. The Labute approximate surface area is 176 Å². The van der Waals surface area contributed by atoms with E-state index in [1.54, 1.807) is 0 Å².